The van der Waals surface area contributed by atoms with Crippen molar-refractivity contribution in [3.63, 3.8) is 0 Å². The predicted molar refractivity (Wildman–Crippen MR) is 85.9 cm³/mol. The highest BCUT2D eigenvalue weighted by molar-refractivity contribution is 9.10. The highest BCUT2D eigenvalue weighted by Crippen LogP contribution is 2.14. The second-order valence-corrected chi connectivity index (χ2v) is 6.09. The molecule has 0 saturated carbocycles. The Morgan fingerprint density at radius 3 is 2.35 bits per heavy atom. The lowest BCUT2D eigenvalue weighted by atomic mass is 10.3. The van der Waals surface area contributed by atoms with Crippen molar-refractivity contribution in [3.8, 4) is 0 Å². The number of anilines is 1. The van der Waals surface area contributed by atoms with E-state index in [9.17, 15) is 4.79 Å². The second kappa shape index (κ2) is 7.76. The van der Waals surface area contributed by atoms with Gasteiger partial charge in [0.05, 0.1) is 6.54 Å². The molecule has 1 heterocycles. The summed E-state index contributed by atoms with van der Waals surface area (Å²) in [6.45, 7) is 7.95. The van der Waals surface area contributed by atoms with Crippen LogP contribution in [0.4, 0.5) is 5.69 Å². The summed E-state index contributed by atoms with van der Waals surface area (Å²) in [7, 11) is 0. The first-order chi connectivity index (χ1) is 9.67. The highest BCUT2D eigenvalue weighted by Gasteiger charge is 2.18. The fourth-order valence-corrected chi connectivity index (χ4v) is 2.69. The van der Waals surface area contributed by atoms with Crippen LogP contribution < -0.4 is 5.32 Å². The van der Waals surface area contributed by atoms with E-state index in [2.05, 4.69) is 38.0 Å². The van der Waals surface area contributed by atoms with Gasteiger partial charge in [-0.3, -0.25) is 9.69 Å². The van der Waals surface area contributed by atoms with Gasteiger partial charge < -0.3 is 10.2 Å². The van der Waals surface area contributed by atoms with Crippen LogP contribution in [0.1, 0.15) is 13.3 Å². The van der Waals surface area contributed by atoms with Crippen LogP contribution in [-0.2, 0) is 4.79 Å². The zero-order valence-corrected chi connectivity index (χ0v) is 13.5. The molecular formula is C15H22BrN3O. The van der Waals surface area contributed by atoms with E-state index in [0.29, 0.717) is 6.54 Å². The molecule has 0 aromatic heterocycles. The molecule has 5 heteroatoms. The van der Waals surface area contributed by atoms with E-state index in [4.69, 9.17) is 0 Å². The molecule has 0 spiro atoms. The van der Waals surface area contributed by atoms with Crippen LogP contribution in [0.3, 0.4) is 0 Å². The number of carbonyl (C=O) groups is 1. The van der Waals surface area contributed by atoms with Gasteiger partial charge in [0.25, 0.3) is 0 Å². The van der Waals surface area contributed by atoms with Crippen molar-refractivity contribution >= 4 is 27.5 Å². The van der Waals surface area contributed by atoms with Crippen molar-refractivity contribution in [2.45, 2.75) is 13.3 Å². The van der Waals surface area contributed by atoms with Crippen molar-refractivity contribution in [2.24, 2.45) is 0 Å². The van der Waals surface area contributed by atoms with Gasteiger partial charge in [0.1, 0.15) is 0 Å². The standard InChI is InChI=1S/C15H22BrN3O/c1-2-7-18-8-10-19(11-9-18)12-15(20)17-14-5-3-13(16)4-6-14/h3-6H,2,7-12H2,1H3,(H,17,20). The van der Waals surface area contributed by atoms with E-state index in [1.54, 1.807) is 0 Å². The third-order valence-electron chi connectivity index (χ3n) is 3.50. The molecule has 0 aliphatic carbocycles. The van der Waals surface area contributed by atoms with Gasteiger partial charge in [0.2, 0.25) is 5.91 Å². The number of hydrogen-bond acceptors (Lipinski definition) is 3. The van der Waals surface area contributed by atoms with E-state index in [-0.39, 0.29) is 5.91 Å². The first kappa shape index (κ1) is 15.5. The third-order valence-corrected chi connectivity index (χ3v) is 4.03. The molecule has 1 aliphatic heterocycles. The molecule has 0 atom stereocenters. The average molecular weight is 340 g/mol. The summed E-state index contributed by atoms with van der Waals surface area (Å²) in [5.74, 6) is 0.0660. The number of carbonyl (C=O) groups excluding carboxylic acids is 1. The molecule has 1 N–H and O–H groups in total. The minimum atomic E-state index is 0.0660. The molecule has 2 rings (SSSR count). The molecule has 1 amide bonds. The summed E-state index contributed by atoms with van der Waals surface area (Å²) in [6, 6.07) is 7.67. The summed E-state index contributed by atoms with van der Waals surface area (Å²) in [4.78, 5) is 16.7. The van der Waals surface area contributed by atoms with Crippen LogP contribution >= 0.6 is 15.9 Å². The van der Waals surface area contributed by atoms with Crippen LogP contribution in [0, 0.1) is 0 Å². The van der Waals surface area contributed by atoms with E-state index in [1.807, 2.05) is 24.3 Å². The summed E-state index contributed by atoms with van der Waals surface area (Å²) in [5.41, 5.74) is 0.850. The van der Waals surface area contributed by atoms with Gasteiger partial charge in [-0.05, 0) is 37.2 Å². The Bertz CT molecular complexity index is 427. The number of amides is 1. The number of rotatable bonds is 5. The zero-order chi connectivity index (χ0) is 14.4. The maximum atomic E-state index is 12.0. The predicted octanol–water partition coefficient (Wildman–Crippen LogP) is 2.42. The van der Waals surface area contributed by atoms with Crippen LogP contribution in [0.25, 0.3) is 0 Å². The Balaban J connectivity index is 1.74. The number of nitrogens with zero attached hydrogens (tertiary/aromatic N) is 2. The lowest BCUT2D eigenvalue weighted by Gasteiger charge is -2.34. The van der Waals surface area contributed by atoms with Crippen molar-refractivity contribution in [1.82, 2.24) is 9.80 Å². The number of halogens is 1. The highest BCUT2D eigenvalue weighted by atomic mass is 79.9. The Labute approximate surface area is 129 Å². The van der Waals surface area contributed by atoms with E-state index in [1.165, 1.54) is 13.0 Å². The zero-order valence-electron chi connectivity index (χ0n) is 11.9. The van der Waals surface area contributed by atoms with Crippen molar-refractivity contribution in [1.29, 1.82) is 0 Å². The lowest BCUT2D eigenvalue weighted by molar-refractivity contribution is -0.117. The molecule has 20 heavy (non-hydrogen) atoms. The van der Waals surface area contributed by atoms with Gasteiger partial charge in [0.15, 0.2) is 0 Å². The molecule has 1 aromatic rings. The first-order valence-corrected chi connectivity index (χ1v) is 7.97. The van der Waals surface area contributed by atoms with Crippen molar-refractivity contribution in [2.75, 3.05) is 44.6 Å². The molecule has 1 saturated heterocycles. The van der Waals surface area contributed by atoms with Crippen molar-refractivity contribution in [3.05, 3.63) is 28.7 Å². The fourth-order valence-electron chi connectivity index (χ4n) is 2.42. The van der Waals surface area contributed by atoms with E-state index in [0.717, 1.165) is 36.3 Å². The number of hydrogen-bond donors (Lipinski definition) is 1. The maximum Gasteiger partial charge on any atom is 0.238 e. The average Bonchev–Trinajstić information content (AvgIpc) is 2.44. The fraction of sp³-hybridized carbons (Fsp3) is 0.533. The molecular weight excluding hydrogens is 318 g/mol. The Morgan fingerprint density at radius 1 is 1.15 bits per heavy atom. The van der Waals surface area contributed by atoms with Crippen LogP contribution in [0.15, 0.2) is 28.7 Å². The van der Waals surface area contributed by atoms with Crippen LogP contribution in [-0.4, -0.2) is 55.0 Å². The third kappa shape index (κ3) is 4.89. The second-order valence-electron chi connectivity index (χ2n) is 5.17. The van der Waals surface area contributed by atoms with Gasteiger partial charge in [-0.15, -0.1) is 0 Å². The van der Waals surface area contributed by atoms with Gasteiger partial charge >= 0.3 is 0 Å². The molecule has 0 unspecified atom stereocenters. The molecule has 4 nitrogen and oxygen atoms in total. The van der Waals surface area contributed by atoms with Gasteiger partial charge in [-0.25, -0.2) is 0 Å². The number of nitrogens with one attached hydrogen (secondary N) is 1. The van der Waals surface area contributed by atoms with Crippen LogP contribution in [0.2, 0.25) is 0 Å². The largest absolute Gasteiger partial charge is 0.325 e. The number of piperazine rings is 1. The van der Waals surface area contributed by atoms with E-state index >= 15 is 0 Å². The van der Waals surface area contributed by atoms with Gasteiger partial charge in [-0.2, -0.15) is 0 Å². The molecule has 110 valence electrons. The smallest absolute Gasteiger partial charge is 0.238 e. The minimum Gasteiger partial charge on any atom is -0.325 e. The molecule has 0 radical (unpaired) electrons. The molecule has 1 aliphatic rings. The Kier molecular flexibility index (Phi) is 6.01. The first-order valence-electron chi connectivity index (χ1n) is 7.17. The van der Waals surface area contributed by atoms with Crippen molar-refractivity contribution < 1.29 is 4.79 Å². The molecule has 1 fully saturated rings. The number of benzene rings is 1. The summed E-state index contributed by atoms with van der Waals surface area (Å²) in [6.07, 6.45) is 1.20. The monoisotopic (exact) mass is 339 g/mol. The van der Waals surface area contributed by atoms with Gasteiger partial charge in [0, 0.05) is 36.3 Å². The molecule has 1 aromatic carbocycles. The van der Waals surface area contributed by atoms with E-state index < -0.39 is 0 Å². The lowest BCUT2D eigenvalue weighted by Crippen LogP contribution is -2.48. The quantitative estimate of drug-likeness (QED) is 0.894. The summed E-state index contributed by atoms with van der Waals surface area (Å²) in [5, 5.41) is 2.94. The van der Waals surface area contributed by atoms with Gasteiger partial charge in [-0.1, -0.05) is 22.9 Å². The maximum absolute atomic E-state index is 12.0. The topological polar surface area (TPSA) is 35.6 Å². The molecule has 0 bridgehead atoms. The summed E-state index contributed by atoms with van der Waals surface area (Å²) >= 11 is 3.38. The normalized spacial score (nSPS) is 17.1. The van der Waals surface area contributed by atoms with Crippen LogP contribution in [0.5, 0.6) is 0 Å². The SMILES string of the molecule is CCCN1CCN(CC(=O)Nc2ccc(Br)cc2)CC1. The Hall–Kier alpha value is -0.910. The summed E-state index contributed by atoms with van der Waals surface area (Å²) < 4.78 is 1.02. The minimum absolute atomic E-state index is 0.0660. The Morgan fingerprint density at radius 2 is 1.75 bits per heavy atom.